The van der Waals surface area contributed by atoms with E-state index in [-0.39, 0.29) is 19.8 Å². The minimum absolute atomic E-state index is 0.114. The first-order valence-corrected chi connectivity index (χ1v) is 12.6. The molecule has 0 radical (unpaired) electrons. The van der Waals surface area contributed by atoms with Gasteiger partial charge in [-0.3, -0.25) is 0 Å². The predicted octanol–water partition coefficient (Wildman–Crippen LogP) is 5.48. The van der Waals surface area contributed by atoms with Gasteiger partial charge in [0.05, 0.1) is 29.5 Å². The number of aromatic nitrogens is 5. The van der Waals surface area contributed by atoms with Crippen LogP contribution in [-0.4, -0.2) is 49.3 Å². The molecule has 9 nitrogen and oxygen atoms in total. The molecule has 1 aliphatic rings. The zero-order valence-corrected chi connectivity index (χ0v) is 22.2. The number of hydrogen-bond donors (Lipinski definition) is 0. The highest BCUT2D eigenvalue weighted by molar-refractivity contribution is 6.37. The monoisotopic (exact) mass is 580 g/mol. The third kappa shape index (κ3) is 6.09. The molecule has 2 aromatic heterocycles. The summed E-state index contributed by atoms with van der Waals surface area (Å²) in [7, 11) is 0. The van der Waals surface area contributed by atoms with E-state index in [0.717, 1.165) is 0 Å². The van der Waals surface area contributed by atoms with Gasteiger partial charge in [-0.1, -0.05) is 57.6 Å². The topological polar surface area (TPSA) is 88.6 Å². The van der Waals surface area contributed by atoms with Crippen molar-refractivity contribution < 1.29 is 14.3 Å². The lowest BCUT2D eigenvalue weighted by Gasteiger charge is -2.29. The SMILES string of the molecule is Clc1ccc(/C(Cn2ccnc2)=N\OCC2COC(Cn3cncn3)(c3ccc(Cl)cc3Cl)O2)c(Cl)c1. The van der Waals surface area contributed by atoms with Gasteiger partial charge in [-0.15, -0.1) is 0 Å². The van der Waals surface area contributed by atoms with Gasteiger partial charge in [0.1, 0.15) is 37.6 Å². The molecule has 37 heavy (non-hydrogen) atoms. The fourth-order valence-corrected chi connectivity index (χ4v) is 4.99. The largest absolute Gasteiger partial charge is 0.393 e. The Labute approximate surface area is 232 Å². The minimum Gasteiger partial charge on any atom is -0.393 e. The van der Waals surface area contributed by atoms with Crippen molar-refractivity contribution in [1.29, 1.82) is 0 Å². The second kappa shape index (κ2) is 11.4. The third-order valence-electron chi connectivity index (χ3n) is 5.61. The lowest BCUT2D eigenvalue weighted by Crippen LogP contribution is -2.34. The number of nitrogens with zero attached hydrogens (tertiary/aromatic N) is 6. The van der Waals surface area contributed by atoms with Crippen LogP contribution >= 0.6 is 46.4 Å². The summed E-state index contributed by atoms with van der Waals surface area (Å²) >= 11 is 25.1. The Morgan fingerprint density at radius 3 is 2.57 bits per heavy atom. The summed E-state index contributed by atoms with van der Waals surface area (Å²) in [5.41, 5.74) is 1.90. The Balaban J connectivity index is 1.35. The van der Waals surface area contributed by atoms with E-state index in [4.69, 9.17) is 60.7 Å². The first-order valence-electron chi connectivity index (χ1n) is 11.1. The van der Waals surface area contributed by atoms with E-state index in [1.54, 1.807) is 59.9 Å². The molecule has 13 heteroatoms. The number of benzene rings is 2. The first-order chi connectivity index (χ1) is 17.9. The summed E-state index contributed by atoms with van der Waals surface area (Å²) < 4.78 is 16.0. The molecule has 1 saturated heterocycles. The molecule has 2 aromatic carbocycles. The van der Waals surface area contributed by atoms with E-state index in [1.807, 2.05) is 10.8 Å². The average Bonchev–Trinajstić information content (AvgIpc) is 3.63. The Morgan fingerprint density at radius 2 is 1.86 bits per heavy atom. The van der Waals surface area contributed by atoms with Crippen molar-refractivity contribution in [2.75, 3.05) is 13.2 Å². The maximum absolute atomic E-state index is 6.52. The van der Waals surface area contributed by atoms with Gasteiger partial charge in [-0.2, -0.15) is 5.10 Å². The molecule has 5 rings (SSSR count). The van der Waals surface area contributed by atoms with Gasteiger partial charge >= 0.3 is 0 Å². The maximum Gasteiger partial charge on any atom is 0.217 e. The van der Waals surface area contributed by atoms with E-state index in [2.05, 4.69) is 20.2 Å². The molecule has 4 aromatic rings. The van der Waals surface area contributed by atoms with Crippen LogP contribution in [0.15, 0.2) is 72.9 Å². The number of halogens is 4. The van der Waals surface area contributed by atoms with Crippen LogP contribution in [0.4, 0.5) is 0 Å². The van der Waals surface area contributed by atoms with Gasteiger partial charge in [0.15, 0.2) is 0 Å². The molecule has 0 spiro atoms. The average molecular weight is 582 g/mol. The molecular formula is C24H20Cl4N6O3. The van der Waals surface area contributed by atoms with Gasteiger partial charge < -0.3 is 18.9 Å². The summed E-state index contributed by atoms with van der Waals surface area (Å²) in [6.45, 7) is 0.963. The van der Waals surface area contributed by atoms with E-state index >= 15 is 0 Å². The van der Waals surface area contributed by atoms with Gasteiger partial charge in [-0.25, -0.2) is 14.6 Å². The third-order valence-corrected chi connectivity index (χ3v) is 6.70. The first kappa shape index (κ1) is 26.0. The zero-order valence-electron chi connectivity index (χ0n) is 19.2. The quantitative estimate of drug-likeness (QED) is 0.192. The highest BCUT2D eigenvalue weighted by Crippen LogP contribution is 2.40. The predicted molar refractivity (Wildman–Crippen MR) is 140 cm³/mol. The molecule has 0 bridgehead atoms. The summed E-state index contributed by atoms with van der Waals surface area (Å²) in [6.07, 6.45) is 7.75. The zero-order chi connectivity index (χ0) is 25.8. The fraction of sp³-hybridized carbons (Fsp3) is 0.250. The second-order valence-corrected chi connectivity index (χ2v) is 9.90. The van der Waals surface area contributed by atoms with Crippen LogP contribution in [-0.2, 0) is 33.2 Å². The number of imidazole rings is 1. The minimum atomic E-state index is -1.22. The van der Waals surface area contributed by atoms with Crippen molar-refractivity contribution in [2.24, 2.45) is 5.16 Å². The molecule has 3 heterocycles. The summed E-state index contributed by atoms with van der Waals surface area (Å²) in [4.78, 5) is 13.8. The van der Waals surface area contributed by atoms with Crippen LogP contribution in [0.5, 0.6) is 0 Å². The molecule has 0 saturated carbocycles. The van der Waals surface area contributed by atoms with Crippen molar-refractivity contribution in [2.45, 2.75) is 25.0 Å². The van der Waals surface area contributed by atoms with E-state index in [0.29, 0.717) is 43.5 Å². The van der Waals surface area contributed by atoms with Crippen molar-refractivity contribution in [3.63, 3.8) is 0 Å². The fourth-order valence-electron chi connectivity index (χ4n) is 3.92. The molecule has 192 valence electrons. The normalized spacial score (nSPS) is 19.9. The second-order valence-electron chi connectivity index (χ2n) is 8.21. The molecule has 2 atom stereocenters. The van der Waals surface area contributed by atoms with Crippen molar-refractivity contribution in [3.05, 3.63) is 99.0 Å². The van der Waals surface area contributed by atoms with E-state index in [1.165, 1.54) is 6.33 Å². The van der Waals surface area contributed by atoms with Crippen LogP contribution < -0.4 is 0 Å². The molecule has 0 aliphatic carbocycles. The maximum atomic E-state index is 6.52. The van der Waals surface area contributed by atoms with Gasteiger partial charge in [0.25, 0.3) is 0 Å². The smallest absolute Gasteiger partial charge is 0.217 e. The summed E-state index contributed by atoms with van der Waals surface area (Å²) in [5, 5.41) is 10.5. The lowest BCUT2D eigenvalue weighted by atomic mass is 10.1. The van der Waals surface area contributed by atoms with Crippen LogP contribution in [0.1, 0.15) is 11.1 Å². The Bertz CT molecular complexity index is 1380. The standard InChI is InChI=1S/C24H20Cl4N6O3/c25-16-1-3-19(21(27)7-16)23(9-33-6-5-29-14-33)32-36-11-18-10-35-24(37-18,12-34-15-30-13-31-34)20-4-2-17(26)8-22(20)28/h1-8,13-15,18H,9-12H2/b32-23-. The molecule has 0 N–H and O–H groups in total. The molecule has 2 unspecified atom stereocenters. The van der Waals surface area contributed by atoms with Crippen LogP contribution in [0.25, 0.3) is 0 Å². The Hall–Kier alpha value is -2.66. The van der Waals surface area contributed by atoms with Crippen molar-refractivity contribution in [3.8, 4) is 0 Å². The highest BCUT2D eigenvalue weighted by Gasteiger charge is 2.45. The molecular weight excluding hydrogens is 562 g/mol. The van der Waals surface area contributed by atoms with Crippen LogP contribution in [0.2, 0.25) is 20.1 Å². The molecule has 1 aliphatic heterocycles. The van der Waals surface area contributed by atoms with E-state index < -0.39 is 11.9 Å². The number of hydrogen-bond acceptors (Lipinski definition) is 7. The summed E-state index contributed by atoms with van der Waals surface area (Å²) in [6, 6.07) is 10.3. The number of ether oxygens (including phenoxy) is 2. The van der Waals surface area contributed by atoms with Crippen LogP contribution in [0.3, 0.4) is 0 Å². The van der Waals surface area contributed by atoms with Gasteiger partial charge in [0.2, 0.25) is 5.79 Å². The molecule has 1 fully saturated rings. The summed E-state index contributed by atoms with van der Waals surface area (Å²) in [5.74, 6) is -1.22. The Morgan fingerprint density at radius 1 is 1.05 bits per heavy atom. The van der Waals surface area contributed by atoms with Crippen LogP contribution in [0, 0.1) is 0 Å². The van der Waals surface area contributed by atoms with Gasteiger partial charge in [0, 0.05) is 33.6 Å². The number of oxime groups is 1. The highest BCUT2D eigenvalue weighted by atomic mass is 35.5. The van der Waals surface area contributed by atoms with Crippen molar-refractivity contribution >= 4 is 52.1 Å². The van der Waals surface area contributed by atoms with Gasteiger partial charge in [-0.05, 0) is 30.3 Å². The number of rotatable bonds is 9. The van der Waals surface area contributed by atoms with Crippen molar-refractivity contribution in [1.82, 2.24) is 24.3 Å². The molecule has 0 amide bonds. The lowest BCUT2D eigenvalue weighted by molar-refractivity contribution is -0.193. The Kier molecular flexibility index (Phi) is 7.99. The van der Waals surface area contributed by atoms with E-state index in [9.17, 15) is 0 Å².